The summed E-state index contributed by atoms with van der Waals surface area (Å²) in [5, 5.41) is 21.6. The molecule has 1 aliphatic heterocycles. The van der Waals surface area contributed by atoms with Gasteiger partial charge in [-0.15, -0.1) is 10.2 Å². The van der Waals surface area contributed by atoms with Gasteiger partial charge in [0.05, 0.1) is 5.92 Å². The van der Waals surface area contributed by atoms with Crippen molar-refractivity contribution in [2.45, 2.75) is 26.3 Å². The number of nitrogens with zero attached hydrogens (tertiary/aromatic N) is 5. The molecule has 2 atom stereocenters. The molecule has 25 heavy (non-hydrogen) atoms. The van der Waals surface area contributed by atoms with Gasteiger partial charge in [0.15, 0.2) is 6.04 Å². The van der Waals surface area contributed by atoms with Crippen molar-refractivity contribution in [1.29, 1.82) is 0 Å². The lowest BCUT2D eigenvalue weighted by Crippen LogP contribution is -2.39. The monoisotopic (exact) mass is 343 g/mol. The molecule has 0 radical (unpaired) electrons. The number of hydrogen-bond acceptors (Lipinski definition) is 5. The number of carbonyl (C=O) groups excluding carboxylic acids is 1. The van der Waals surface area contributed by atoms with E-state index >= 15 is 0 Å². The molecule has 1 aliphatic rings. The number of rotatable bonds is 5. The standard InChI is InChI=1S/C17H21N5O3/c1-11(2)14(16(23)21-9-8-13(10-21)17(24)25)22-19-15(18-20-22)12-6-4-3-5-7-12/h3-7,11,13-14H,8-10H2,1-2H3,(H,24,25). The highest BCUT2D eigenvalue weighted by Crippen LogP contribution is 2.25. The minimum atomic E-state index is -0.860. The molecule has 2 aromatic rings. The number of carbonyl (C=O) groups is 2. The Morgan fingerprint density at radius 2 is 1.96 bits per heavy atom. The lowest BCUT2D eigenvalue weighted by atomic mass is 10.0. The summed E-state index contributed by atoms with van der Waals surface area (Å²) in [6.45, 7) is 4.51. The number of aromatic nitrogens is 4. The highest BCUT2D eigenvalue weighted by molar-refractivity contribution is 5.82. The van der Waals surface area contributed by atoms with Crippen LogP contribution in [-0.4, -0.2) is 55.2 Å². The van der Waals surface area contributed by atoms with Crippen LogP contribution in [0.25, 0.3) is 11.4 Å². The summed E-state index contributed by atoms with van der Waals surface area (Å²) in [4.78, 5) is 27.0. The molecule has 2 unspecified atom stereocenters. The summed E-state index contributed by atoms with van der Waals surface area (Å²) >= 11 is 0. The largest absolute Gasteiger partial charge is 0.481 e. The van der Waals surface area contributed by atoms with Crippen molar-refractivity contribution in [3.63, 3.8) is 0 Å². The maximum atomic E-state index is 12.9. The van der Waals surface area contributed by atoms with Crippen LogP contribution in [0.4, 0.5) is 0 Å². The Morgan fingerprint density at radius 1 is 1.24 bits per heavy atom. The lowest BCUT2D eigenvalue weighted by Gasteiger charge is -2.24. The van der Waals surface area contributed by atoms with Crippen LogP contribution in [0.3, 0.4) is 0 Å². The maximum Gasteiger partial charge on any atom is 0.308 e. The van der Waals surface area contributed by atoms with Crippen LogP contribution in [0.2, 0.25) is 0 Å². The van der Waals surface area contributed by atoms with Crippen molar-refractivity contribution in [2.24, 2.45) is 11.8 Å². The van der Waals surface area contributed by atoms with Crippen molar-refractivity contribution in [1.82, 2.24) is 25.1 Å². The molecule has 0 saturated carbocycles. The fraction of sp³-hybridized carbons (Fsp3) is 0.471. The summed E-state index contributed by atoms with van der Waals surface area (Å²) in [6.07, 6.45) is 0.478. The summed E-state index contributed by atoms with van der Waals surface area (Å²) in [5.74, 6) is -1.10. The third kappa shape index (κ3) is 3.52. The zero-order valence-electron chi connectivity index (χ0n) is 14.2. The van der Waals surface area contributed by atoms with Crippen LogP contribution in [0, 0.1) is 11.8 Å². The number of hydrogen-bond donors (Lipinski definition) is 1. The number of likely N-dealkylation sites (tertiary alicyclic amines) is 1. The Labute approximate surface area is 145 Å². The van der Waals surface area contributed by atoms with E-state index in [1.807, 2.05) is 44.2 Å². The van der Waals surface area contributed by atoms with Gasteiger partial charge in [0.1, 0.15) is 0 Å². The fourth-order valence-corrected chi connectivity index (χ4v) is 3.05. The quantitative estimate of drug-likeness (QED) is 0.882. The van der Waals surface area contributed by atoms with Gasteiger partial charge in [0, 0.05) is 18.7 Å². The smallest absolute Gasteiger partial charge is 0.308 e. The molecular formula is C17H21N5O3. The Kier molecular flexibility index (Phi) is 4.78. The first-order valence-electron chi connectivity index (χ1n) is 8.34. The maximum absolute atomic E-state index is 12.9. The Bertz CT molecular complexity index is 759. The summed E-state index contributed by atoms with van der Waals surface area (Å²) in [5.41, 5.74) is 0.829. The van der Waals surface area contributed by atoms with E-state index in [-0.39, 0.29) is 18.4 Å². The first-order chi connectivity index (χ1) is 12.0. The second-order valence-electron chi connectivity index (χ2n) is 6.60. The molecule has 8 nitrogen and oxygen atoms in total. The van der Waals surface area contributed by atoms with E-state index < -0.39 is 17.9 Å². The molecule has 8 heteroatoms. The Morgan fingerprint density at radius 3 is 2.56 bits per heavy atom. The minimum absolute atomic E-state index is 0.0470. The van der Waals surface area contributed by atoms with Crippen LogP contribution >= 0.6 is 0 Å². The number of amides is 1. The van der Waals surface area contributed by atoms with Crippen LogP contribution in [-0.2, 0) is 9.59 Å². The molecule has 0 aliphatic carbocycles. The fourth-order valence-electron chi connectivity index (χ4n) is 3.05. The molecule has 1 saturated heterocycles. The van der Waals surface area contributed by atoms with E-state index in [0.717, 1.165) is 5.56 Å². The van der Waals surface area contributed by atoms with E-state index in [4.69, 9.17) is 5.11 Å². The number of carboxylic acid groups (broad SMARTS) is 1. The van der Waals surface area contributed by atoms with Gasteiger partial charge in [-0.2, -0.15) is 4.80 Å². The van der Waals surface area contributed by atoms with Gasteiger partial charge < -0.3 is 10.0 Å². The Balaban J connectivity index is 1.81. The molecule has 1 N–H and O–H groups in total. The number of carboxylic acids is 1. The third-order valence-corrected chi connectivity index (χ3v) is 4.44. The molecule has 1 aromatic carbocycles. The normalized spacial score (nSPS) is 18.5. The summed E-state index contributed by atoms with van der Waals surface area (Å²) < 4.78 is 0. The summed E-state index contributed by atoms with van der Waals surface area (Å²) in [6, 6.07) is 8.84. The average molecular weight is 343 g/mol. The Hall–Kier alpha value is -2.77. The second kappa shape index (κ2) is 7.00. The van der Waals surface area contributed by atoms with Crippen LogP contribution in [0.15, 0.2) is 30.3 Å². The molecule has 0 bridgehead atoms. The topological polar surface area (TPSA) is 101 Å². The molecule has 132 valence electrons. The third-order valence-electron chi connectivity index (χ3n) is 4.44. The van der Waals surface area contributed by atoms with Crippen molar-refractivity contribution in [3.05, 3.63) is 30.3 Å². The van der Waals surface area contributed by atoms with Crippen LogP contribution in [0.5, 0.6) is 0 Å². The van der Waals surface area contributed by atoms with Gasteiger partial charge in [-0.3, -0.25) is 9.59 Å². The molecular weight excluding hydrogens is 322 g/mol. The molecule has 2 heterocycles. The van der Waals surface area contributed by atoms with Gasteiger partial charge in [-0.1, -0.05) is 44.2 Å². The van der Waals surface area contributed by atoms with E-state index in [2.05, 4.69) is 15.4 Å². The van der Waals surface area contributed by atoms with Crippen LogP contribution < -0.4 is 0 Å². The van der Waals surface area contributed by atoms with E-state index in [0.29, 0.717) is 18.8 Å². The van der Waals surface area contributed by atoms with Crippen molar-refractivity contribution in [3.8, 4) is 11.4 Å². The molecule has 1 fully saturated rings. The predicted octanol–water partition coefficient (Wildman–Crippen LogP) is 1.47. The first-order valence-corrected chi connectivity index (χ1v) is 8.34. The highest BCUT2D eigenvalue weighted by Gasteiger charge is 2.37. The van der Waals surface area contributed by atoms with Gasteiger partial charge >= 0.3 is 5.97 Å². The minimum Gasteiger partial charge on any atom is -0.481 e. The van der Waals surface area contributed by atoms with Gasteiger partial charge in [-0.05, 0) is 17.6 Å². The summed E-state index contributed by atoms with van der Waals surface area (Å²) in [7, 11) is 0. The van der Waals surface area contributed by atoms with Gasteiger partial charge in [-0.25, -0.2) is 0 Å². The van der Waals surface area contributed by atoms with Crippen molar-refractivity contribution < 1.29 is 14.7 Å². The number of aliphatic carboxylic acids is 1. The zero-order chi connectivity index (χ0) is 18.0. The predicted molar refractivity (Wildman–Crippen MR) is 89.5 cm³/mol. The van der Waals surface area contributed by atoms with Gasteiger partial charge in [0.2, 0.25) is 11.7 Å². The second-order valence-corrected chi connectivity index (χ2v) is 6.60. The molecule has 1 amide bonds. The average Bonchev–Trinajstić information content (AvgIpc) is 3.25. The lowest BCUT2D eigenvalue weighted by molar-refractivity contribution is -0.141. The molecule has 1 aromatic heterocycles. The number of benzene rings is 1. The molecule has 3 rings (SSSR count). The van der Waals surface area contributed by atoms with E-state index in [9.17, 15) is 9.59 Å². The van der Waals surface area contributed by atoms with Gasteiger partial charge in [0.25, 0.3) is 0 Å². The van der Waals surface area contributed by atoms with Crippen molar-refractivity contribution >= 4 is 11.9 Å². The van der Waals surface area contributed by atoms with Crippen LogP contribution in [0.1, 0.15) is 26.3 Å². The first kappa shape index (κ1) is 17.1. The zero-order valence-corrected chi connectivity index (χ0v) is 14.2. The highest BCUT2D eigenvalue weighted by atomic mass is 16.4. The SMILES string of the molecule is CC(C)C(C(=O)N1CCC(C(=O)O)C1)n1nnc(-c2ccccc2)n1. The molecule has 0 spiro atoms. The van der Waals surface area contributed by atoms with E-state index in [1.165, 1.54) is 4.80 Å². The van der Waals surface area contributed by atoms with E-state index in [1.54, 1.807) is 4.90 Å². The number of tetrazole rings is 1. The van der Waals surface area contributed by atoms with Crippen molar-refractivity contribution in [2.75, 3.05) is 13.1 Å².